The molecule has 0 bridgehead atoms. The second kappa shape index (κ2) is 9.24. The third-order valence-corrected chi connectivity index (χ3v) is 8.20. The molecule has 2 aromatic carbocycles. The molecule has 0 radical (unpaired) electrons. The number of benzene rings is 2. The molecule has 1 N–H and O–H groups in total. The Morgan fingerprint density at radius 3 is 2.40 bits per heavy atom. The number of nitrogens with zero attached hydrogens (tertiary/aromatic N) is 3. The molecule has 9 heteroatoms. The number of sulfonamides is 1. The van der Waals surface area contributed by atoms with Crippen molar-refractivity contribution >= 4 is 27.0 Å². The summed E-state index contributed by atoms with van der Waals surface area (Å²) in [5.74, 6) is -0.286. The van der Waals surface area contributed by atoms with E-state index < -0.39 is 10.0 Å². The van der Waals surface area contributed by atoms with Gasteiger partial charge in [-0.25, -0.2) is 13.4 Å². The maximum absolute atomic E-state index is 13.2. The van der Waals surface area contributed by atoms with E-state index in [0.29, 0.717) is 41.1 Å². The number of carbonyl (C=O) groups is 1. The SMILES string of the molecule is Cc1ccc(-c2cc(C(=O)NCc3ccc(S(=O)(=O)N4CCCC4)cc3)c3c(C)noc3n2)cc1. The summed E-state index contributed by atoms with van der Waals surface area (Å²) in [6.07, 6.45) is 1.78. The minimum Gasteiger partial charge on any atom is -0.348 e. The van der Waals surface area contributed by atoms with Gasteiger partial charge in [0.2, 0.25) is 10.0 Å². The van der Waals surface area contributed by atoms with E-state index in [9.17, 15) is 13.2 Å². The average Bonchev–Trinajstić information content (AvgIpc) is 3.54. The number of pyridine rings is 1. The van der Waals surface area contributed by atoms with E-state index in [2.05, 4.69) is 15.5 Å². The zero-order chi connectivity index (χ0) is 24.6. The van der Waals surface area contributed by atoms with Crippen molar-refractivity contribution in [1.82, 2.24) is 19.8 Å². The Hall–Kier alpha value is -3.56. The number of carbonyl (C=O) groups excluding carboxylic acids is 1. The topological polar surface area (TPSA) is 105 Å². The molecule has 0 spiro atoms. The van der Waals surface area contributed by atoms with Gasteiger partial charge in [-0.15, -0.1) is 0 Å². The van der Waals surface area contributed by atoms with E-state index in [-0.39, 0.29) is 17.3 Å². The van der Waals surface area contributed by atoms with Gasteiger partial charge in [-0.05, 0) is 50.5 Å². The first-order valence-corrected chi connectivity index (χ1v) is 13.0. The maximum Gasteiger partial charge on any atom is 0.259 e. The van der Waals surface area contributed by atoms with Gasteiger partial charge in [0, 0.05) is 25.2 Å². The second-order valence-corrected chi connectivity index (χ2v) is 10.7. The molecule has 2 aromatic heterocycles. The van der Waals surface area contributed by atoms with Crippen LogP contribution < -0.4 is 5.32 Å². The summed E-state index contributed by atoms with van der Waals surface area (Å²) < 4.78 is 32.4. The number of hydrogen-bond acceptors (Lipinski definition) is 6. The number of fused-ring (bicyclic) bond motifs is 1. The van der Waals surface area contributed by atoms with E-state index in [1.807, 2.05) is 31.2 Å². The molecule has 1 aliphatic heterocycles. The predicted octanol–water partition coefficient (Wildman–Crippen LogP) is 4.22. The molecule has 1 fully saturated rings. The second-order valence-electron chi connectivity index (χ2n) is 8.81. The molecule has 1 aliphatic rings. The van der Waals surface area contributed by atoms with Gasteiger partial charge in [-0.2, -0.15) is 4.31 Å². The van der Waals surface area contributed by atoms with E-state index in [0.717, 1.165) is 29.5 Å². The van der Waals surface area contributed by atoms with Gasteiger partial charge in [-0.1, -0.05) is 47.1 Å². The molecule has 1 amide bonds. The number of rotatable bonds is 6. The van der Waals surface area contributed by atoms with Gasteiger partial charge in [0.15, 0.2) is 0 Å². The molecule has 180 valence electrons. The quantitative estimate of drug-likeness (QED) is 0.434. The van der Waals surface area contributed by atoms with E-state index in [4.69, 9.17) is 4.52 Å². The molecular formula is C26H26N4O4S. The molecule has 0 saturated carbocycles. The van der Waals surface area contributed by atoms with Crippen LogP contribution in [-0.4, -0.2) is 41.9 Å². The number of hydrogen-bond donors (Lipinski definition) is 1. The molecular weight excluding hydrogens is 464 g/mol. The van der Waals surface area contributed by atoms with Crippen LogP contribution in [0, 0.1) is 13.8 Å². The van der Waals surface area contributed by atoms with Crippen LogP contribution in [0.2, 0.25) is 0 Å². The van der Waals surface area contributed by atoms with Crippen LogP contribution in [-0.2, 0) is 16.6 Å². The van der Waals surface area contributed by atoms with Crippen molar-refractivity contribution in [1.29, 1.82) is 0 Å². The van der Waals surface area contributed by atoms with E-state index in [1.165, 1.54) is 4.31 Å². The lowest BCUT2D eigenvalue weighted by Crippen LogP contribution is -2.28. The fourth-order valence-electron chi connectivity index (χ4n) is 4.28. The first-order chi connectivity index (χ1) is 16.8. The number of aromatic nitrogens is 2. The first kappa shape index (κ1) is 23.2. The third kappa shape index (κ3) is 4.56. The minimum atomic E-state index is -3.46. The Morgan fingerprint density at radius 1 is 1.03 bits per heavy atom. The van der Waals surface area contributed by atoms with Crippen molar-refractivity contribution < 1.29 is 17.7 Å². The number of amides is 1. The Bertz CT molecular complexity index is 1490. The summed E-state index contributed by atoms with van der Waals surface area (Å²) in [5, 5.41) is 7.50. The summed E-state index contributed by atoms with van der Waals surface area (Å²) in [4.78, 5) is 18.0. The van der Waals surface area contributed by atoms with Crippen molar-refractivity contribution in [3.05, 3.63) is 77.0 Å². The molecule has 0 aliphatic carbocycles. The lowest BCUT2D eigenvalue weighted by Gasteiger charge is -2.15. The lowest BCUT2D eigenvalue weighted by molar-refractivity contribution is 0.0952. The van der Waals surface area contributed by atoms with Gasteiger partial charge >= 0.3 is 0 Å². The Balaban J connectivity index is 1.37. The number of nitrogens with one attached hydrogen (secondary N) is 1. The van der Waals surface area contributed by atoms with Crippen molar-refractivity contribution in [2.24, 2.45) is 0 Å². The molecule has 3 heterocycles. The normalized spacial score (nSPS) is 14.5. The first-order valence-electron chi connectivity index (χ1n) is 11.5. The maximum atomic E-state index is 13.2. The summed E-state index contributed by atoms with van der Waals surface area (Å²) in [7, 11) is -3.46. The van der Waals surface area contributed by atoms with E-state index in [1.54, 1.807) is 37.3 Å². The fourth-order valence-corrected chi connectivity index (χ4v) is 5.80. The highest BCUT2D eigenvalue weighted by Gasteiger charge is 2.27. The predicted molar refractivity (Wildman–Crippen MR) is 132 cm³/mol. The zero-order valence-electron chi connectivity index (χ0n) is 19.6. The third-order valence-electron chi connectivity index (χ3n) is 6.29. The fraction of sp³-hybridized carbons (Fsp3) is 0.269. The van der Waals surface area contributed by atoms with Crippen molar-refractivity contribution in [2.45, 2.75) is 38.1 Å². The summed E-state index contributed by atoms with van der Waals surface area (Å²) in [5.41, 5.74) is 4.74. The van der Waals surface area contributed by atoms with Crippen molar-refractivity contribution in [3.63, 3.8) is 0 Å². The van der Waals surface area contributed by atoms with E-state index >= 15 is 0 Å². The lowest BCUT2D eigenvalue weighted by atomic mass is 10.0. The largest absolute Gasteiger partial charge is 0.348 e. The molecule has 1 saturated heterocycles. The van der Waals surface area contributed by atoms with Crippen LogP contribution >= 0.6 is 0 Å². The molecule has 8 nitrogen and oxygen atoms in total. The van der Waals surface area contributed by atoms with Gasteiger partial charge < -0.3 is 9.84 Å². The Kier molecular flexibility index (Phi) is 6.12. The van der Waals surface area contributed by atoms with Gasteiger partial charge in [0.25, 0.3) is 11.6 Å². The standard InChI is InChI=1S/C26H26N4O4S/c1-17-5-9-20(10-6-17)23-15-22(24-18(2)29-34-26(24)28-23)25(31)27-16-19-7-11-21(12-8-19)35(32,33)30-13-3-4-14-30/h5-12,15H,3-4,13-14,16H2,1-2H3,(H,27,31). The molecule has 0 unspecified atom stereocenters. The molecule has 0 atom stereocenters. The molecule has 4 aromatic rings. The van der Waals surface area contributed by atoms with Crippen LogP contribution in [0.1, 0.15) is 40.0 Å². The highest BCUT2D eigenvalue weighted by Crippen LogP contribution is 2.27. The summed E-state index contributed by atoms with van der Waals surface area (Å²) in [6.45, 7) is 5.15. The summed E-state index contributed by atoms with van der Waals surface area (Å²) in [6, 6.07) is 16.3. The highest BCUT2D eigenvalue weighted by atomic mass is 32.2. The minimum absolute atomic E-state index is 0.247. The van der Waals surface area contributed by atoms with Crippen molar-refractivity contribution in [3.8, 4) is 11.3 Å². The highest BCUT2D eigenvalue weighted by molar-refractivity contribution is 7.89. The van der Waals surface area contributed by atoms with Crippen LogP contribution in [0.4, 0.5) is 0 Å². The van der Waals surface area contributed by atoms with Crippen LogP contribution in [0.3, 0.4) is 0 Å². The molecule has 5 rings (SSSR count). The van der Waals surface area contributed by atoms with Crippen LogP contribution in [0.15, 0.2) is 64.0 Å². The monoisotopic (exact) mass is 490 g/mol. The average molecular weight is 491 g/mol. The van der Waals surface area contributed by atoms with Crippen LogP contribution in [0.25, 0.3) is 22.4 Å². The molecule has 35 heavy (non-hydrogen) atoms. The Morgan fingerprint density at radius 2 is 1.71 bits per heavy atom. The van der Waals surface area contributed by atoms with Gasteiger partial charge in [0.1, 0.15) is 0 Å². The Labute approximate surface area is 204 Å². The number of aryl methyl sites for hydroxylation is 2. The van der Waals surface area contributed by atoms with Gasteiger partial charge in [0.05, 0.1) is 27.2 Å². The summed E-state index contributed by atoms with van der Waals surface area (Å²) >= 11 is 0. The smallest absolute Gasteiger partial charge is 0.259 e. The van der Waals surface area contributed by atoms with Crippen LogP contribution in [0.5, 0.6) is 0 Å². The van der Waals surface area contributed by atoms with Gasteiger partial charge in [-0.3, -0.25) is 4.79 Å². The zero-order valence-corrected chi connectivity index (χ0v) is 20.4. The van der Waals surface area contributed by atoms with Crippen molar-refractivity contribution in [2.75, 3.05) is 13.1 Å².